The third-order valence-corrected chi connectivity index (χ3v) is 3.32. The van der Waals surface area contributed by atoms with E-state index in [-0.39, 0.29) is 15.8 Å². The van der Waals surface area contributed by atoms with Gasteiger partial charge < -0.3 is 15.2 Å². The van der Waals surface area contributed by atoms with Gasteiger partial charge in [0.15, 0.2) is 5.75 Å². The molecule has 2 aromatic rings. The topological polar surface area (TPSA) is 41.5 Å². The van der Waals surface area contributed by atoms with E-state index in [0.717, 1.165) is 17.0 Å². The number of nitrogens with one attached hydrogen (secondary N) is 1. The predicted octanol–water partition coefficient (Wildman–Crippen LogP) is 4.71. The highest BCUT2D eigenvalue weighted by atomic mass is 35.5. The maximum atomic E-state index is 9.49. The minimum Gasteiger partial charge on any atom is -0.505 e. The molecule has 2 N–H and O–H groups in total. The van der Waals surface area contributed by atoms with Crippen molar-refractivity contribution in [2.24, 2.45) is 0 Å². The van der Waals surface area contributed by atoms with Crippen LogP contribution >= 0.6 is 23.2 Å². The molecule has 2 aromatic carbocycles. The molecule has 0 spiro atoms. The SMILES string of the molecule is CCOc1ccc(CNc2cc(Cl)c(O)c(Cl)c2)cc1. The number of benzene rings is 2. The first-order valence-corrected chi connectivity index (χ1v) is 6.99. The Labute approximate surface area is 128 Å². The van der Waals surface area contributed by atoms with Gasteiger partial charge in [-0.25, -0.2) is 0 Å². The Morgan fingerprint density at radius 2 is 1.70 bits per heavy atom. The number of phenols is 1. The molecule has 0 aliphatic rings. The summed E-state index contributed by atoms with van der Waals surface area (Å²) in [5, 5.41) is 13.1. The lowest BCUT2D eigenvalue weighted by atomic mass is 10.2. The Kier molecular flexibility index (Phi) is 4.99. The van der Waals surface area contributed by atoms with Crippen molar-refractivity contribution in [1.29, 1.82) is 0 Å². The van der Waals surface area contributed by atoms with Gasteiger partial charge in [-0.3, -0.25) is 0 Å². The van der Waals surface area contributed by atoms with Gasteiger partial charge in [0.1, 0.15) is 5.75 Å². The van der Waals surface area contributed by atoms with Crippen LogP contribution in [0.1, 0.15) is 12.5 Å². The van der Waals surface area contributed by atoms with Gasteiger partial charge >= 0.3 is 0 Å². The highest BCUT2D eigenvalue weighted by Crippen LogP contribution is 2.34. The first kappa shape index (κ1) is 14.8. The molecule has 0 aliphatic carbocycles. The summed E-state index contributed by atoms with van der Waals surface area (Å²) >= 11 is 11.7. The van der Waals surface area contributed by atoms with Crippen molar-refractivity contribution in [2.45, 2.75) is 13.5 Å². The van der Waals surface area contributed by atoms with Gasteiger partial charge in [-0.05, 0) is 36.8 Å². The van der Waals surface area contributed by atoms with Crippen LogP contribution in [0.4, 0.5) is 5.69 Å². The lowest BCUT2D eigenvalue weighted by Gasteiger charge is -2.10. The molecule has 20 heavy (non-hydrogen) atoms. The van der Waals surface area contributed by atoms with E-state index in [2.05, 4.69) is 5.32 Å². The molecule has 0 saturated carbocycles. The molecule has 0 saturated heterocycles. The van der Waals surface area contributed by atoms with Crippen molar-refractivity contribution in [3.63, 3.8) is 0 Å². The molecule has 0 unspecified atom stereocenters. The normalized spacial score (nSPS) is 10.3. The second-order valence-corrected chi connectivity index (χ2v) is 5.03. The molecule has 0 amide bonds. The minimum atomic E-state index is -0.0973. The van der Waals surface area contributed by atoms with Crippen LogP contribution in [0.25, 0.3) is 0 Å². The summed E-state index contributed by atoms with van der Waals surface area (Å²) in [4.78, 5) is 0. The molecular formula is C15H15Cl2NO2. The monoisotopic (exact) mass is 311 g/mol. The number of aromatic hydroxyl groups is 1. The van der Waals surface area contributed by atoms with E-state index in [9.17, 15) is 5.11 Å². The quantitative estimate of drug-likeness (QED) is 0.786. The molecule has 0 bridgehead atoms. The molecule has 3 nitrogen and oxygen atoms in total. The molecule has 0 heterocycles. The molecular weight excluding hydrogens is 297 g/mol. The smallest absolute Gasteiger partial charge is 0.152 e. The Morgan fingerprint density at radius 1 is 1.10 bits per heavy atom. The van der Waals surface area contributed by atoms with E-state index < -0.39 is 0 Å². The standard InChI is InChI=1S/C15H15Cl2NO2/c1-2-20-12-5-3-10(4-6-12)9-18-11-7-13(16)15(19)14(17)8-11/h3-8,18-19H,2,9H2,1H3. The van der Waals surface area contributed by atoms with Gasteiger partial charge in [-0.15, -0.1) is 0 Å². The number of halogens is 2. The summed E-state index contributed by atoms with van der Waals surface area (Å²) in [5.74, 6) is 0.756. The lowest BCUT2D eigenvalue weighted by Crippen LogP contribution is -1.99. The van der Waals surface area contributed by atoms with Crippen molar-refractivity contribution in [1.82, 2.24) is 0 Å². The highest BCUT2D eigenvalue weighted by molar-refractivity contribution is 6.37. The third kappa shape index (κ3) is 3.71. The fourth-order valence-corrected chi connectivity index (χ4v) is 2.23. The molecule has 5 heteroatoms. The zero-order chi connectivity index (χ0) is 14.5. The molecule has 2 rings (SSSR count). The molecule has 106 valence electrons. The summed E-state index contributed by atoms with van der Waals surface area (Å²) in [5.41, 5.74) is 1.86. The average molecular weight is 312 g/mol. The van der Waals surface area contributed by atoms with Crippen LogP contribution in [0.15, 0.2) is 36.4 Å². The molecule has 0 aromatic heterocycles. The van der Waals surface area contributed by atoms with Crippen molar-refractivity contribution < 1.29 is 9.84 Å². The van der Waals surface area contributed by atoms with Crippen LogP contribution in [0.2, 0.25) is 10.0 Å². The van der Waals surface area contributed by atoms with Gasteiger partial charge in [-0.1, -0.05) is 35.3 Å². The average Bonchev–Trinajstić information content (AvgIpc) is 2.44. The van der Waals surface area contributed by atoms with Crippen LogP contribution in [0.3, 0.4) is 0 Å². The third-order valence-electron chi connectivity index (χ3n) is 2.75. The van der Waals surface area contributed by atoms with Gasteiger partial charge in [0.05, 0.1) is 16.7 Å². The maximum absolute atomic E-state index is 9.49. The van der Waals surface area contributed by atoms with E-state index in [0.29, 0.717) is 13.2 Å². The van der Waals surface area contributed by atoms with Crippen LogP contribution in [-0.2, 0) is 6.54 Å². The fraction of sp³-hybridized carbons (Fsp3) is 0.200. The molecule has 0 atom stereocenters. The second kappa shape index (κ2) is 6.73. The number of ether oxygens (including phenoxy) is 1. The van der Waals surface area contributed by atoms with Gasteiger partial charge in [-0.2, -0.15) is 0 Å². The van der Waals surface area contributed by atoms with E-state index in [1.165, 1.54) is 0 Å². The minimum absolute atomic E-state index is 0.0973. The zero-order valence-corrected chi connectivity index (χ0v) is 12.5. The van der Waals surface area contributed by atoms with Crippen LogP contribution in [0, 0.1) is 0 Å². The van der Waals surface area contributed by atoms with Gasteiger partial charge in [0.25, 0.3) is 0 Å². The van der Waals surface area contributed by atoms with E-state index in [4.69, 9.17) is 27.9 Å². The first-order valence-electron chi connectivity index (χ1n) is 6.23. The Morgan fingerprint density at radius 3 is 2.25 bits per heavy atom. The number of phenolic OH excluding ortho intramolecular Hbond substituents is 1. The van der Waals surface area contributed by atoms with E-state index in [1.54, 1.807) is 12.1 Å². The van der Waals surface area contributed by atoms with Crippen LogP contribution in [0.5, 0.6) is 11.5 Å². The first-order chi connectivity index (χ1) is 9.60. The van der Waals surface area contributed by atoms with Crippen molar-refractivity contribution in [3.8, 4) is 11.5 Å². The Bertz CT molecular complexity index is 562. The predicted molar refractivity (Wildman–Crippen MR) is 83.1 cm³/mol. The Balaban J connectivity index is 2.01. The lowest BCUT2D eigenvalue weighted by molar-refractivity contribution is 0.340. The highest BCUT2D eigenvalue weighted by Gasteiger charge is 2.06. The summed E-state index contributed by atoms with van der Waals surface area (Å²) in [7, 11) is 0. The van der Waals surface area contributed by atoms with Gasteiger partial charge in [0, 0.05) is 12.2 Å². The van der Waals surface area contributed by atoms with E-state index in [1.807, 2.05) is 31.2 Å². The van der Waals surface area contributed by atoms with E-state index >= 15 is 0 Å². The van der Waals surface area contributed by atoms with Gasteiger partial charge in [0.2, 0.25) is 0 Å². The number of anilines is 1. The summed E-state index contributed by atoms with van der Waals surface area (Å²) in [6.07, 6.45) is 0. The second-order valence-electron chi connectivity index (χ2n) is 4.22. The van der Waals surface area contributed by atoms with Crippen molar-refractivity contribution in [2.75, 3.05) is 11.9 Å². The molecule has 0 fully saturated rings. The Hall–Kier alpha value is -1.58. The molecule has 0 radical (unpaired) electrons. The summed E-state index contributed by atoms with van der Waals surface area (Å²) < 4.78 is 5.39. The largest absolute Gasteiger partial charge is 0.505 e. The van der Waals surface area contributed by atoms with Crippen molar-refractivity contribution >= 4 is 28.9 Å². The van der Waals surface area contributed by atoms with Crippen molar-refractivity contribution in [3.05, 3.63) is 52.0 Å². The number of hydrogen-bond acceptors (Lipinski definition) is 3. The number of rotatable bonds is 5. The maximum Gasteiger partial charge on any atom is 0.152 e. The summed E-state index contributed by atoms with van der Waals surface area (Å²) in [6, 6.07) is 11.1. The fourth-order valence-electron chi connectivity index (χ4n) is 1.74. The van der Waals surface area contributed by atoms with Crippen LogP contribution in [-0.4, -0.2) is 11.7 Å². The zero-order valence-electron chi connectivity index (χ0n) is 11.0. The molecule has 0 aliphatic heterocycles. The number of hydrogen-bond donors (Lipinski definition) is 2. The summed E-state index contributed by atoms with van der Waals surface area (Å²) in [6.45, 7) is 3.24. The van der Waals surface area contributed by atoms with Crippen LogP contribution < -0.4 is 10.1 Å².